The van der Waals surface area contributed by atoms with Crippen molar-refractivity contribution in [3.05, 3.63) is 59.7 Å². The Morgan fingerprint density at radius 2 is 1.57 bits per heavy atom. The molecule has 5 N–H and O–H groups in total. The summed E-state index contributed by atoms with van der Waals surface area (Å²) in [6, 6.07) is 11.2. The predicted molar refractivity (Wildman–Crippen MR) is 77.2 cm³/mol. The fourth-order valence-corrected chi connectivity index (χ4v) is 2.72. The van der Waals surface area contributed by atoms with Crippen LogP contribution in [0.15, 0.2) is 48.5 Å². The standard InChI is InChI=1S/C16H16O7/c1-22-11-7-8-13-12(9-11)15(18,19)14(17,16(20,21)23-13)10-5-3-2-4-6-10/h2-9,17-21H,1H3. The summed E-state index contributed by atoms with van der Waals surface area (Å²) in [5.41, 5.74) is -3.37. The lowest BCUT2D eigenvalue weighted by Crippen LogP contribution is -2.69. The van der Waals surface area contributed by atoms with Gasteiger partial charge in [-0.2, -0.15) is 0 Å². The third-order valence-corrected chi connectivity index (χ3v) is 3.98. The number of rotatable bonds is 2. The predicted octanol–water partition coefficient (Wildman–Crippen LogP) is -0.249. The zero-order valence-corrected chi connectivity index (χ0v) is 12.2. The molecule has 122 valence electrons. The Morgan fingerprint density at radius 1 is 0.913 bits per heavy atom. The highest BCUT2D eigenvalue weighted by molar-refractivity contribution is 5.48. The van der Waals surface area contributed by atoms with Gasteiger partial charge in [0.2, 0.25) is 11.4 Å². The summed E-state index contributed by atoms with van der Waals surface area (Å²) < 4.78 is 10.0. The molecule has 0 amide bonds. The molecule has 1 heterocycles. The number of hydrogen-bond acceptors (Lipinski definition) is 7. The molecule has 2 aromatic rings. The average Bonchev–Trinajstić information content (AvgIpc) is 2.53. The summed E-state index contributed by atoms with van der Waals surface area (Å²) in [6.45, 7) is 0. The van der Waals surface area contributed by atoms with Crippen LogP contribution in [0.1, 0.15) is 11.1 Å². The van der Waals surface area contributed by atoms with E-state index in [1.807, 2.05) is 0 Å². The van der Waals surface area contributed by atoms with Gasteiger partial charge in [0.15, 0.2) is 0 Å². The van der Waals surface area contributed by atoms with Crippen molar-refractivity contribution in [3.8, 4) is 11.5 Å². The molecule has 23 heavy (non-hydrogen) atoms. The lowest BCUT2D eigenvalue weighted by Gasteiger charge is -2.49. The second kappa shape index (κ2) is 4.92. The maximum Gasteiger partial charge on any atom is 0.363 e. The van der Waals surface area contributed by atoms with Gasteiger partial charge in [0.05, 0.1) is 12.7 Å². The molecule has 1 aliphatic heterocycles. The molecule has 0 saturated heterocycles. The van der Waals surface area contributed by atoms with Crippen molar-refractivity contribution in [2.24, 2.45) is 0 Å². The van der Waals surface area contributed by atoms with E-state index < -0.39 is 17.4 Å². The van der Waals surface area contributed by atoms with Crippen LogP contribution in [-0.2, 0) is 11.4 Å². The van der Waals surface area contributed by atoms with Gasteiger partial charge in [-0.1, -0.05) is 30.3 Å². The second-order valence-corrected chi connectivity index (χ2v) is 5.32. The van der Waals surface area contributed by atoms with Gasteiger partial charge in [-0.05, 0) is 23.8 Å². The summed E-state index contributed by atoms with van der Waals surface area (Å²) in [5.74, 6) is -6.26. The number of hydrogen-bond donors (Lipinski definition) is 5. The number of aliphatic hydroxyl groups is 5. The van der Waals surface area contributed by atoms with Crippen LogP contribution in [0, 0.1) is 0 Å². The first kappa shape index (κ1) is 15.7. The Kier molecular flexibility index (Phi) is 3.36. The fourth-order valence-electron chi connectivity index (χ4n) is 2.72. The Labute approximate surface area is 131 Å². The quantitative estimate of drug-likeness (QED) is 0.484. The monoisotopic (exact) mass is 320 g/mol. The highest BCUT2D eigenvalue weighted by Gasteiger charge is 2.69. The van der Waals surface area contributed by atoms with Crippen LogP contribution < -0.4 is 9.47 Å². The van der Waals surface area contributed by atoms with Gasteiger partial charge in [-0.25, -0.2) is 0 Å². The number of ether oxygens (including phenoxy) is 2. The highest BCUT2D eigenvalue weighted by atomic mass is 16.8. The largest absolute Gasteiger partial charge is 0.497 e. The Balaban J connectivity index is 2.28. The molecule has 3 rings (SSSR count). The third kappa shape index (κ3) is 2.03. The van der Waals surface area contributed by atoms with Crippen molar-refractivity contribution in [2.75, 3.05) is 7.11 Å². The topological polar surface area (TPSA) is 120 Å². The molecule has 0 fully saturated rings. The fraction of sp³-hybridized carbons (Fsp3) is 0.250. The van der Waals surface area contributed by atoms with Crippen LogP contribution in [0.2, 0.25) is 0 Å². The van der Waals surface area contributed by atoms with Crippen LogP contribution in [0.25, 0.3) is 0 Å². The molecule has 1 unspecified atom stereocenters. The third-order valence-electron chi connectivity index (χ3n) is 3.98. The molecular weight excluding hydrogens is 304 g/mol. The normalized spacial score (nSPS) is 24.4. The molecule has 0 aromatic heterocycles. The van der Waals surface area contributed by atoms with Crippen molar-refractivity contribution < 1.29 is 35.0 Å². The zero-order chi connectivity index (χ0) is 16.9. The first-order chi connectivity index (χ1) is 10.7. The number of benzene rings is 2. The van der Waals surface area contributed by atoms with E-state index in [1.165, 1.54) is 49.6 Å². The van der Waals surface area contributed by atoms with Crippen LogP contribution in [0.5, 0.6) is 11.5 Å². The number of fused-ring (bicyclic) bond motifs is 1. The molecule has 0 bridgehead atoms. The van der Waals surface area contributed by atoms with Gasteiger partial charge in [-0.15, -0.1) is 0 Å². The lowest BCUT2D eigenvalue weighted by molar-refractivity contribution is -0.462. The molecule has 1 atom stereocenters. The molecule has 2 aromatic carbocycles. The maximum absolute atomic E-state index is 10.8. The highest BCUT2D eigenvalue weighted by Crippen LogP contribution is 2.52. The van der Waals surface area contributed by atoms with Gasteiger partial charge in [0.25, 0.3) is 0 Å². The van der Waals surface area contributed by atoms with E-state index in [4.69, 9.17) is 9.47 Å². The zero-order valence-electron chi connectivity index (χ0n) is 12.2. The SMILES string of the molecule is COc1ccc2c(c1)C(O)(O)C(O)(c1ccccc1)C(O)(O)O2. The minimum Gasteiger partial charge on any atom is -0.497 e. The summed E-state index contributed by atoms with van der Waals surface area (Å²) in [7, 11) is 1.38. The van der Waals surface area contributed by atoms with Gasteiger partial charge in [-0.3, -0.25) is 0 Å². The molecule has 0 spiro atoms. The first-order valence-corrected chi connectivity index (χ1v) is 6.79. The van der Waals surface area contributed by atoms with E-state index in [2.05, 4.69) is 0 Å². The summed E-state index contributed by atoms with van der Waals surface area (Å²) in [4.78, 5) is 0. The maximum atomic E-state index is 10.8. The van der Waals surface area contributed by atoms with E-state index in [0.717, 1.165) is 0 Å². The van der Waals surface area contributed by atoms with Crippen LogP contribution in [0.4, 0.5) is 0 Å². The molecule has 0 aliphatic carbocycles. The summed E-state index contributed by atoms with van der Waals surface area (Å²) in [5, 5.41) is 52.4. The Hall–Kier alpha value is -2.16. The number of methoxy groups -OCH3 is 1. The Bertz CT molecular complexity index is 726. The second-order valence-electron chi connectivity index (χ2n) is 5.32. The van der Waals surface area contributed by atoms with E-state index in [1.54, 1.807) is 6.07 Å². The Morgan fingerprint density at radius 3 is 2.17 bits per heavy atom. The lowest BCUT2D eigenvalue weighted by atomic mass is 9.77. The molecular formula is C16H16O7. The van der Waals surface area contributed by atoms with E-state index >= 15 is 0 Å². The molecule has 7 nitrogen and oxygen atoms in total. The average molecular weight is 320 g/mol. The van der Waals surface area contributed by atoms with Crippen LogP contribution >= 0.6 is 0 Å². The van der Waals surface area contributed by atoms with Crippen molar-refractivity contribution in [1.29, 1.82) is 0 Å². The van der Waals surface area contributed by atoms with Crippen molar-refractivity contribution in [2.45, 2.75) is 17.4 Å². The van der Waals surface area contributed by atoms with E-state index in [9.17, 15) is 25.5 Å². The molecule has 7 heteroatoms. The van der Waals surface area contributed by atoms with Gasteiger partial charge >= 0.3 is 5.97 Å². The van der Waals surface area contributed by atoms with Crippen molar-refractivity contribution in [1.82, 2.24) is 0 Å². The van der Waals surface area contributed by atoms with Gasteiger partial charge in [0, 0.05) is 0 Å². The van der Waals surface area contributed by atoms with Crippen LogP contribution in [-0.4, -0.2) is 38.6 Å². The van der Waals surface area contributed by atoms with Crippen LogP contribution in [0.3, 0.4) is 0 Å². The smallest absolute Gasteiger partial charge is 0.363 e. The van der Waals surface area contributed by atoms with Crippen molar-refractivity contribution in [3.63, 3.8) is 0 Å². The van der Waals surface area contributed by atoms with E-state index in [0.29, 0.717) is 0 Å². The minimum atomic E-state index is -3.28. The molecule has 1 aliphatic rings. The molecule has 0 radical (unpaired) electrons. The van der Waals surface area contributed by atoms with E-state index in [-0.39, 0.29) is 22.6 Å². The van der Waals surface area contributed by atoms with Crippen molar-refractivity contribution >= 4 is 0 Å². The van der Waals surface area contributed by atoms with Gasteiger partial charge in [0.1, 0.15) is 11.5 Å². The molecule has 0 saturated carbocycles. The summed E-state index contributed by atoms with van der Waals surface area (Å²) in [6.07, 6.45) is 0. The minimum absolute atomic E-state index is 0.150. The summed E-state index contributed by atoms with van der Waals surface area (Å²) >= 11 is 0. The van der Waals surface area contributed by atoms with Gasteiger partial charge < -0.3 is 35.0 Å². The first-order valence-electron chi connectivity index (χ1n) is 6.79.